The number of allylic oxidation sites excluding steroid dienone is 16. The van der Waals surface area contributed by atoms with Crippen LogP contribution in [0.4, 0.5) is 0 Å². The molecule has 0 bridgehead atoms. The molecule has 0 saturated carbocycles. The second kappa shape index (κ2) is 15.8. The number of ether oxygens (including phenoxy) is 1. The van der Waals surface area contributed by atoms with Crippen molar-refractivity contribution in [2.75, 3.05) is 0 Å². The minimum absolute atomic E-state index is 0.000277. The molecule has 61 heavy (non-hydrogen) atoms. The zero-order valence-electron chi connectivity index (χ0n) is 34.4. The smallest absolute Gasteiger partial charge is 0.132 e. The van der Waals surface area contributed by atoms with E-state index in [-0.39, 0.29) is 36.4 Å². The molecule has 2 N–H and O–H groups in total. The number of nitrogens with one attached hydrogen (secondary N) is 2. The van der Waals surface area contributed by atoms with Gasteiger partial charge in [-0.3, -0.25) is 5.32 Å². The first-order valence-electron chi connectivity index (χ1n) is 22.6. The predicted molar refractivity (Wildman–Crippen MR) is 250 cm³/mol. The maximum absolute atomic E-state index is 11.4. The van der Waals surface area contributed by atoms with Crippen molar-refractivity contribution in [1.29, 1.82) is 5.26 Å². The van der Waals surface area contributed by atoms with Gasteiger partial charge >= 0.3 is 0 Å². The molecule has 1 aromatic rings. The molecule has 4 heterocycles. The van der Waals surface area contributed by atoms with E-state index in [2.05, 4.69) is 178 Å². The lowest BCUT2D eigenvalue weighted by atomic mass is 9.83. The van der Waals surface area contributed by atoms with Crippen molar-refractivity contribution in [3.63, 3.8) is 0 Å². The van der Waals surface area contributed by atoms with Gasteiger partial charge in [-0.15, -0.1) is 23.5 Å². The molecule has 11 aliphatic rings. The first kappa shape index (κ1) is 37.8. The topological polar surface area (TPSA) is 75.9 Å². The van der Waals surface area contributed by atoms with Crippen LogP contribution in [0.3, 0.4) is 0 Å². The molecule has 7 nitrogen and oxygen atoms in total. The number of benzene rings is 1. The molecule has 0 aromatic heterocycles. The number of nitrogens with zero attached hydrogens (tertiary/aromatic N) is 4. The van der Waals surface area contributed by atoms with Gasteiger partial charge in [0.05, 0.1) is 35.1 Å². The Morgan fingerprint density at radius 2 is 1.70 bits per heavy atom. The number of hydrogen-bond donors (Lipinski definition) is 2. The Morgan fingerprint density at radius 1 is 0.836 bits per heavy atom. The van der Waals surface area contributed by atoms with Crippen LogP contribution in [0.2, 0.25) is 0 Å². The second-order valence-corrected chi connectivity index (χ2v) is 20.6. The van der Waals surface area contributed by atoms with Gasteiger partial charge in [0.25, 0.3) is 0 Å². The summed E-state index contributed by atoms with van der Waals surface area (Å²) in [5, 5.41) is 20.5. The molecule has 0 spiro atoms. The summed E-state index contributed by atoms with van der Waals surface area (Å²) in [5.74, 6) is 3.44. The lowest BCUT2D eigenvalue weighted by Crippen LogP contribution is -2.61. The molecular formula is C52H52N6OS2. The van der Waals surface area contributed by atoms with Gasteiger partial charge in [0.2, 0.25) is 0 Å². The second-order valence-electron chi connectivity index (χ2n) is 18.0. The van der Waals surface area contributed by atoms with Gasteiger partial charge in [0.1, 0.15) is 29.6 Å². The van der Waals surface area contributed by atoms with Crippen LogP contribution in [0, 0.1) is 17.2 Å². The van der Waals surface area contributed by atoms with Gasteiger partial charge in [0.15, 0.2) is 0 Å². The quantitative estimate of drug-likeness (QED) is 0.284. The number of rotatable bonds is 5. The van der Waals surface area contributed by atoms with Crippen LogP contribution in [-0.2, 0) is 0 Å². The number of thioether (sulfide) groups is 2. The number of fused-ring (bicyclic) bond motifs is 6. The zero-order valence-corrected chi connectivity index (χ0v) is 36.0. The SMILES string of the molecule is N#CC1=C(N2C3C=CC=CC3SC3C=CCCC32)CC(N2C3=C(CCC=C3)SC3C=CC=CC32)C(C2N=C(c3cccc4c3C3CC=CC=C3O4)NC(C3CC=CCC3)N2)=C1. The Morgan fingerprint density at radius 3 is 2.59 bits per heavy atom. The van der Waals surface area contributed by atoms with E-state index in [9.17, 15) is 5.26 Å². The highest BCUT2D eigenvalue weighted by atomic mass is 32.2. The third-order valence-corrected chi connectivity index (χ3v) is 17.5. The number of hydrogen-bond acceptors (Lipinski definition) is 9. The van der Waals surface area contributed by atoms with E-state index in [0.717, 1.165) is 86.3 Å². The molecule has 7 aliphatic carbocycles. The van der Waals surface area contributed by atoms with Crippen LogP contribution in [-0.4, -0.2) is 67.9 Å². The van der Waals surface area contributed by atoms with Gasteiger partial charge in [-0.1, -0.05) is 103 Å². The molecule has 1 saturated heterocycles. The summed E-state index contributed by atoms with van der Waals surface area (Å²) in [7, 11) is 0. The Kier molecular flexibility index (Phi) is 9.80. The Bertz CT molecular complexity index is 2470. The van der Waals surface area contributed by atoms with Gasteiger partial charge in [-0.25, -0.2) is 4.99 Å². The van der Waals surface area contributed by atoms with Crippen LogP contribution >= 0.6 is 23.5 Å². The number of nitriles is 1. The number of amidine groups is 1. The average molecular weight is 841 g/mol. The third-order valence-electron chi connectivity index (χ3n) is 14.6. The molecule has 11 unspecified atom stereocenters. The molecule has 12 rings (SSSR count). The Hall–Kier alpha value is -4.88. The van der Waals surface area contributed by atoms with Crippen molar-refractivity contribution >= 4 is 29.4 Å². The molecule has 308 valence electrons. The van der Waals surface area contributed by atoms with E-state index in [1.165, 1.54) is 27.4 Å². The summed E-state index contributed by atoms with van der Waals surface area (Å²) >= 11 is 4.15. The van der Waals surface area contributed by atoms with Crippen molar-refractivity contribution in [2.45, 2.75) is 116 Å². The van der Waals surface area contributed by atoms with E-state index in [1.807, 2.05) is 0 Å². The van der Waals surface area contributed by atoms with Gasteiger partial charge in [-0.05, 0) is 87.2 Å². The maximum atomic E-state index is 11.4. The van der Waals surface area contributed by atoms with E-state index < -0.39 is 0 Å². The highest BCUT2D eigenvalue weighted by Gasteiger charge is 2.49. The first-order chi connectivity index (χ1) is 30.2. The fourth-order valence-electron chi connectivity index (χ4n) is 11.7. The fraction of sp³-hybridized carbons (Fsp3) is 0.385. The summed E-state index contributed by atoms with van der Waals surface area (Å²) in [4.78, 5) is 12.7. The Balaban J connectivity index is 1.04. The monoisotopic (exact) mass is 840 g/mol. The minimum Gasteiger partial charge on any atom is -0.461 e. The summed E-state index contributed by atoms with van der Waals surface area (Å²) in [6, 6.07) is 9.95. The van der Waals surface area contributed by atoms with Crippen LogP contribution in [0.15, 0.2) is 166 Å². The van der Waals surface area contributed by atoms with Gasteiger partial charge in [0, 0.05) is 56.3 Å². The van der Waals surface area contributed by atoms with E-state index in [0.29, 0.717) is 27.7 Å². The van der Waals surface area contributed by atoms with Crippen molar-refractivity contribution < 1.29 is 4.74 Å². The minimum atomic E-state index is -0.346. The van der Waals surface area contributed by atoms with Crippen molar-refractivity contribution in [3.8, 4) is 11.8 Å². The van der Waals surface area contributed by atoms with E-state index >= 15 is 0 Å². The lowest BCUT2D eigenvalue weighted by molar-refractivity contribution is 0.161. The number of aliphatic imine (C=N–C) groups is 1. The molecule has 1 aromatic carbocycles. The third kappa shape index (κ3) is 6.55. The van der Waals surface area contributed by atoms with Crippen molar-refractivity contribution in [1.82, 2.24) is 20.4 Å². The molecule has 0 amide bonds. The van der Waals surface area contributed by atoms with Crippen LogP contribution in [0.25, 0.3) is 0 Å². The normalized spacial score (nSPS) is 36.4. The standard InChI is InChI=1S/C52H52N6OS2/c53-31-33-29-36(52-55-50(32-15-2-1-3-16-32)54-51(56-52)35-18-14-24-44-49(35)34-17-4-9-23-43(34)59-44)42(58-39-21-7-12-27-47(39)61-48-28-13-8-22-40(48)58)30-41(33)57-37-19-5-10-25-45(37)60-46-26-11-6-20-38(46)57/h1-2,4-5,7-12,14,18-19,21-27,29,32,34,37-39,42,45-47,50,52,55H,3,6,13,15-17,20,28,30H2,(H,54,56). The first-order valence-corrected chi connectivity index (χ1v) is 24.5. The van der Waals surface area contributed by atoms with Crippen LogP contribution in [0.1, 0.15) is 74.8 Å². The molecule has 11 atom stereocenters. The lowest BCUT2D eigenvalue weighted by Gasteiger charge is -2.55. The van der Waals surface area contributed by atoms with Crippen molar-refractivity contribution in [3.05, 3.63) is 172 Å². The molecule has 0 radical (unpaired) electrons. The summed E-state index contributed by atoms with van der Waals surface area (Å²) in [6.07, 6.45) is 50.4. The van der Waals surface area contributed by atoms with E-state index in [1.54, 1.807) is 0 Å². The van der Waals surface area contributed by atoms with Gasteiger partial charge < -0.3 is 19.9 Å². The summed E-state index contributed by atoms with van der Waals surface area (Å²) < 4.78 is 6.50. The van der Waals surface area contributed by atoms with Crippen LogP contribution < -0.4 is 15.4 Å². The molecule has 9 heteroatoms. The highest BCUT2D eigenvalue weighted by Crippen LogP contribution is 2.51. The largest absolute Gasteiger partial charge is 0.461 e. The summed E-state index contributed by atoms with van der Waals surface area (Å²) in [5.41, 5.74) is 6.85. The maximum Gasteiger partial charge on any atom is 0.132 e. The van der Waals surface area contributed by atoms with E-state index in [4.69, 9.17) is 9.73 Å². The highest BCUT2D eigenvalue weighted by molar-refractivity contribution is 8.04. The van der Waals surface area contributed by atoms with Gasteiger partial charge in [-0.2, -0.15) is 5.26 Å². The molecule has 4 aliphatic heterocycles. The molecular weight excluding hydrogens is 789 g/mol. The fourth-order valence-corrected chi connectivity index (χ4v) is 14.7. The Labute approximate surface area is 368 Å². The average Bonchev–Trinajstić information content (AvgIpc) is 3.71. The summed E-state index contributed by atoms with van der Waals surface area (Å²) in [6.45, 7) is 0. The van der Waals surface area contributed by atoms with Crippen molar-refractivity contribution in [2.24, 2.45) is 10.9 Å². The predicted octanol–water partition coefficient (Wildman–Crippen LogP) is 9.90. The van der Waals surface area contributed by atoms with Crippen LogP contribution in [0.5, 0.6) is 5.75 Å². The molecule has 1 fully saturated rings. The zero-order chi connectivity index (χ0) is 40.4.